The van der Waals surface area contributed by atoms with Crippen LogP contribution in [0.5, 0.6) is 5.75 Å². The lowest BCUT2D eigenvalue weighted by Crippen LogP contribution is -2.28. The molecule has 0 saturated carbocycles. The number of carbonyl (C=O) groups is 2. The molecule has 0 bridgehead atoms. The van der Waals surface area contributed by atoms with Crippen LogP contribution in [0.2, 0.25) is 0 Å². The number of ether oxygens (including phenoxy) is 1. The van der Waals surface area contributed by atoms with Crippen LogP contribution >= 0.6 is 11.8 Å². The van der Waals surface area contributed by atoms with Gasteiger partial charge in [0.1, 0.15) is 5.75 Å². The Hall–Kier alpha value is -3.33. The quantitative estimate of drug-likeness (QED) is 0.438. The number of thioether (sulfide) groups is 1. The summed E-state index contributed by atoms with van der Waals surface area (Å²) in [6.07, 6.45) is 0. The summed E-state index contributed by atoms with van der Waals surface area (Å²) >= 11 is 1.32. The van der Waals surface area contributed by atoms with Gasteiger partial charge in [-0.2, -0.15) is 0 Å². The van der Waals surface area contributed by atoms with Crippen molar-refractivity contribution in [3.63, 3.8) is 0 Å². The molecule has 2 N–H and O–H groups in total. The van der Waals surface area contributed by atoms with Gasteiger partial charge in [-0.3, -0.25) is 9.59 Å². The zero-order chi connectivity index (χ0) is 24.8. The molecule has 34 heavy (non-hydrogen) atoms. The maximum absolute atomic E-state index is 12.6. The van der Waals surface area contributed by atoms with Crippen molar-refractivity contribution in [2.75, 3.05) is 18.2 Å². The Kier molecular flexibility index (Phi) is 8.33. The van der Waals surface area contributed by atoms with Crippen LogP contribution in [0.15, 0.2) is 41.6 Å². The van der Waals surface area contributed by atoms with Crippen molar-refractivity contribution in [3.8, 4) is 5.75 Å². The van der Waals surface area contributed by atoms with Gasteiger partial charge in [0.15, 0.2) is 11.0 Å². The molecule has 0 saturated heterocycles. The van der Waals surface area contributed by atoms with Gasteiger partial charge in [-0.05, 0) is 70.0 Å². The highest BCUT2D eigenvalue weighted by atomic mass is 32.2. The summed E-state index contributed by atoms with van der Waals surface area (Å²) in [4.78, 5) is 25.2. The fraction of sp³-hybridized carbons (Fsp3) is 0.360. The first-order valence-electron chi connectivity index (χ1n) is 11.1. The van der Waals surface area contributed by atoms with Gasteiger partial charge in [0.05, 0.1) is 18.9 Å². The number of hydrogen-bond acceptors (Lipinski definition) is 6. The van der Waals surface area contributed by atoms with Crippen LogP contribution in [0.25, 0.3) is 0 Å². The molecule has 0 aliphatic carbocycles. The highest BCUT2D eigenvalue weighted by molar-refractivity contribution is 7.99. The van der Waals surface area contributed by atoms with E-state index in [2.05, 4.69) is 33.0 Å². The van der Waals surface area contributed by atoms with Crippen molar-refractivity contribution in [2.24, 2.45) is 0 Å². The van der Waals surface area contributed by atoms with E-state index < -0.39 is 0 Å². The number of hydrogen-bond donors (Lipinski definition) is 2. The van der Waals surface area contributed by atoms with Crippen LogP contribution in [-0.2, 0) is 11.3 Å². The van der Waals surface area contributed by atoms with Crippen molar-refractivity contribution in [1.82, 2.24) is 20.1 Å². The molecule has 9 heteroatoms. The standard InChI is InChI=1S/C25H31N5O3S/c1-7-30-23(18(5)26-24(32)19-8-10-20(33-6)11-9-19)28-29-25(30)34-14-21(31)27-22-16(3)12-15(2)13-17(22)4/h8-13,18H,7,14H2,1-6H3,(H,26,32)(H,27,31)/t18-/m0/s1. The Morgan fingerprint density at radius 2 is 1.74 bits per heavy atom. The Morgan fingerprint density at radius 1 is 1.09 bits per heavy atom. The maximum Gasteiger partial charge on any atom is 0.251 e. The number of carbonyl (C=O) groups excluding carboxylic acids is 2. The lowest BCUT2D eigenvalue weighted by Gasteiger charge is -2.15. The van der Waals surface area contributed by atoms with Crippen LogP contribution in [0, 0.1) is 20.8 Å². The van der Waals surface area contributed by atoms with Crippen LogP contribution < -0.4 is 15.4 Å². The van der Waals surface area contributed by atoms with Gasteiger partial charge in [0.25, 0.3) is 5.91 Å². The molecule has 0 unspecified atom stereocenters. The lowest BCUT2D eigenvalue weighted by molar-refractivity contribution is -0.113. The number of aromatic nitrogens is 3. The fourth-order valence-electron chi connectivity index (χ4n) is 3.79. The molecule has 0 fully saturated rings. The molecule has 2 amide bonds. The van der Waals surface area contributed by atoms with Crippen LogP contribution in [-0.4, -0.2) is 39.4 Å². The summed E-state index contributed by atoms with van der Waals surface area (Å²) in [7, 11) is 1.58. The lowest BCUT2D eigenvalue weighted by atomic mass is 10.1. The number of amides is 2. The van der Waals surface area contributed by atoms with Gasteiger partial charge in [-0.25, -0.2) is 0 Å². The Morgan fingerprint density at radius 3 is 2.32 bits per heavy atom. The number of methoxy groups -OCH3 is 1. The molecule has 0 aliphatic rings. The van der Waals surface area contributed by atoms with E-state index in [1.54, 1.807) is 31.4 Å². The minimum absolute atomic E-state index is 0.104. The number of rotatable bonds is 9. The van der Waals surface area contributed by atoms with Crippen molar-refractivity contribution < 1.29 is 14.3 Å². The summed E-state index contributed by atoms with van der Waals surface area (Å²) in [5.41, 5.74) is 4.62. The topological polar surface area (TPSA) is 98.1 Å². The van der Waals surface area contributed by atoms with Crippen LogP contribution in [0.4, 0.5) is 5.69 Å². The molecule has 1 aromatic heterocycles. The first-order valence-corrected chi connectivity index (χ1v) is 12.1. The van der Waals surface area contributed by atoms with Gasteiger partial charge >= 0.3 is 0 Å². The van der Waals surface area contributed by atoms with E-state index >= 15 is 0 Å². The molecule has 3 aromatic rings. The fourth-order valence-corrected chi connectivity index (χ4v) is 4.60. The van der Waals surface area contributed by atoms with E-state index in [1.165, 1.54) is 17.3 Å². The molecule has 8 nitrogen and oxygen atoms in total. The van der Waals surface area contributed by atoms with Gasteiger partial charge in [0, 0.05) is 17.8 Å². The van der Waals surface area contributed by atoms with E-state index in [0.29, 0.717) is 28.8 Å². The second-order valence-electron chi connectivity index (χ2n) is 8.12. The zero-order valence-corrected chi connectivity index (χ0v) is 21.2. The van der Waals surface area contributed by atoms with E-state index in [-0.39, 0.29) is 23.6 Å². The van der Waals surface area contributed by atoms with Crippen LogP contribution in [0.1, 0.15) is 52.8 Å². The average Bonchev–Trinajstić information content (AvgIpc) is 3.23. The third-order valence-electron chi connectivity index (χ3n) is 5.42. The number of benzene rings is 2. The molecule has 0 aliphatic heterocycles. The molecule has 3 rings (SSSR count). The minimum atomic E-state index is -0.358. The van der Waals surface area contributed by atoms with E-state index in [0.717, 1.165) is 16.8 Å². The smallest absolute Gasteiger partial charge is 0.251 e. The van der Waals surface area contributed by atoms with Crippen LogP contribution in [0.3, 0.4) is 0 Å². The van der Waals surface area contributed by atoms with Gasteiger partial charge in [-0.1, -0.05) is 29.5 Å². The molecule has 1 atom stereocenters. The summed E-state index contributed by atoms with van der Waals surface area (Å²) in [6, 6.07) is 10.7. The Labute approximate surface area is 204 Å². The van der Waals surface area contributed by atoms with Crippen molar-refractivity contribution in [1.29, 1.82) is 0 Å². The molecular weight excluding hydrogens is 450 g/mol. The van der Waals surface area contributed by atoms with E-state index in [1.807, 2.05) is 39.2 Å². The monoisotopic (exact) mass is 481 g/mol. The Balaban J connectivity index is 1.64. The Bertz CT molecular complexity index is 1150. The van der Waals surface area contributed by atoms with E-state index in [4.69, 9.17) is 4.74 Å². The van der Waals surface area contributed by atoms with Crippen molar-refractivity contribution >= 4 is 29.3 Å². The van der Waals surface area contributed by atoms with E-state index in [9.17, 15) is 9.59 Å². The highest BCUT2D eigenvalue weighted by Crippen LogP contribution is 2.24. The third-order valence-corrected chi connectivity index (χ3v) is 6.39. The van der Waals surface area contributed by atoms with Crippen molar-refractivity contribution in [3.05, 3.63) is 64.5 Å². The second kappa shape index (κ2) is 11.2. The van der Waals surface area contributed by atoms with Crippen molar-refractivity contribution in [2.45, 2.75) is 52.4 Å². The third kappa shape index (κ3) is 5.96. The minimum Gasteiger partial charge on any atom is -0.497 e. The summed E-state index contributed by atoms with van der Waals surface area (Å²) in [5.74, 6) is 1.22. The SMILES string of the molecule is CCn1c(SCC(=O)Nc2c(C)cc(C)cc2C)nnc1[C@H](C)NC(=O)c1ccc(OC)cc1. The molecule has 1 heterocycles. The second-order valence-corrected chi connectivity index (χ2v) is 9.06. The molecule has 180 valence electrons. The highest BCUT2D eigenvalue weighted by Gasteiger charge is 2.20. The normalized spacial score (nSPS) is 11.7. The summed E-state index contributed by atoms with van der Waals surface area (Å²) in [5, 5.41) is 15.2. The zero-order valence-electron chi connectivity index (χ0n) is 20.4. The molecular formula is C25H31N5O3S. The number of nitrogens with zero attached hydrogens (tertiary/aromatic N) is 3. The molecule has 0 radical (unpaired) electrons. The average molecular weight is 482 g/mol. The van der Waals surface area contributed by atoms with Gasteiger partial charge in [-0.15, -0.1) is 10.2 Å². The summed E-state index contributed by atoms with van der Waals surface area (Å²) in [6.45, 7) is 10.5. The maximum atomic E-state index is 12.6. The predicted octanol–water partition coefficient (Wildman–Crippen LogP) is 4.45. The number of aryl methyl sites for hydroxylation is 3. The molecule has 0 spiro atoms. The first kappa shape index (κ1) is 25.3. The number of nitrogens with one attached hydrogen (secondary N) is 2. The predicted molar refractivity (Wildman–Crippen MR) is 135 cm³/mol. The van der Waals surface area contributed by atoms with Gasteiger partial charge in [0.2, 0.25) is 5.91 Å². The largest absolute Gasteiger partial charge is 0.497 e. The summed E-state index contributed by atoms with van der Waals surface area (Å²) < 4.78 is 7.05. The number of anilines is 1. The first-order chi connectivity index (χ1) is 16.2. The molecule has 2 aromatic carbocycles. The van der Waals surface area contributed by atoms with Gasteiger partial charge < -0.3 is 19.9 Å².